The van der Waals surface area contributed by atoms with E-state index >= 15 is 0 Å². The molecule has 0 aliphatic carbocycles. The van der Waals surface area contributed by atoms with E-state index < -0.39 is 26.4 Å². The molecule has 9 heteroatoms. The van der Waals surface area contributed by atoms with E-state index in [2.05, 4.69) is 13.6 Å². The Morgan fingerprint density at radius 3 is 2.29 bits per heavy atom. The van der Waals surface area contributed by atoms with Crippen LogP contribution in [-0.4, -0.2) is 36.8 Å². The summed E-state index contributed by atoms with van der Waals surface area (Å²) in [6.45, 7) is -1.79. The molecule has 0 aromatic heterocycles. The van der Waals surface area contributed by atoms with Crippen LogP contribution in [0.1, 0.15) is 0 Å². The molecule has 1 rings (SSSR count). The Morgan fingerprint density at radius 1 is 1.43 bits per heavy atom. The van der Waals surface area contributed by atoms with Crippen LogP contribution in [0.3, 0.4) is 0 Å². The van der Waals surface area contributed by atoms with E-state index in [1.54, 1.807) is 0 Å². The van der Waals surface area contributed by atoms with Gasteiger partial charge in [0.25, 0.3) is 0 Å². The zero-order chi connectivity index (χ0) is 10.8. The minimum atomic E-state index is -4.59. The zero-order valence-corrected chi connectivity index (χ0v) is 7.84. The molecule has 0 spiro atoms. The predicted octanol–water partition coefficient (Wildman–Crippen LogP) is 1.78. The van der Waals surface area contributed by atoms with Crippen LogP contribution in [0.15, 0.2) is 0 Å². The van der Waals surface area contributed by atoms with Crippen molar-refractivity contribution < 1.29 is 36.6 Å². The molecular weight excluding hydrogens is 228 g/mol. The third-order valence-corrected chi connectivity index (χ3v) is 3.57. The molecule has 0 aromatic rings. The number of carboxylic acid groups (broad SMARTS) is 1. The van der Waals surface area contributed by atoms with Crippen LogP contribution in [0.2, 0.25) is 0 Å². The van der Waals surface area contributed by atoms with Crippen molar-refractivity contribution in [2.75, 3.05) is 19.8 Å². The van der Waals surface area contributed by atoms with Crippen molar-refractivity contribution >= 4 is 13.7 Å². The van der Waals surface area contributed by atoms with Crippen LogP contribution in [0.5, 0.6) is 0 Å². The van der Waals surface area contributed by atoms with Gasteiger partial charge in [-0.15, -0.1) is 0 Å². The Hall–Kier alpha value is -0.430. The molecule has 0 amide bonds. The molecule has 84 valence electrons. The fraction of sp³-hybridized carbons (Fsp3) is 0.800. The molecular formula is C5H8F3O5P. The maximum atomic E-state index is 11.7. The molecule has 1 fully saturated rings. The summed E-state index contributed by atoms with van der Waals surface area (Å²) >= 11 is 0. The standard InChI is InChI=1S/C5H8F3O5P/c6-5(7,8)3-13-14(4(9)10)11-1-2-12-14/h14H,1-3H2,(H,9,10). The monoisotopic (exact) mass is 236 g/mol. The number of hydrogen-bond donors (Lipinski definition) is 1. The summed E-state index contributed by atoms with van der Waals surface area (Å²) in [6, 6.07) is 0. The normalized spacial score (nSPS) is 23.4. The summed E-state index contributed by atoms with van der Waals surface area (Å²) in [5.41, 5.74) is -1.60. The van der Waals surface area contributed by atoms with Crippen molar-refractivity contribution in [3.05, 3.63) is 0 Å². The first-order valence-electron chi connectivity index (χ1n) is 3.58. The molecule has 0 unspecified atom stereocenters. The van der Waals surface area contributed by atoms with Crippen molar-refractivity contribution in [2.24, 2.45) is 0 Å². The number of carbonyl (C=O) groups is 1. The number of halogens is 3. The second kappa shape index (κ2) is 3.98. The van der Waals surface area contributed by atoms with Gasteiger partial charge in [-0.05, 0) is 0 Å². The van der Waals surface area contributed by atoms with Gasteiger partial charge in [-0.3, -0.25) is 0 Å². The van der Waals surface area contributed by atoms with Crippen LogP contribution in [-0.2, 0) is 13.6 Å². The molecule has 14 heavy (non-hydrogen) atoms. The summed E-state index contributed by atoms with van der Waals surface area (Å²) in [5.74, 6) is 0. The Balaban J connectivity index is 2.57. The van der Waals surface area contributed by atoms with E-state index in [4.69, 9.17) is 5.11 Å². The fourth-order valence-corrected chi connectivity index (χ4v) is 2.52. The quantitative estimate of drug-likeness (QED) is 0.756. The molecule has 1 aliphatic rings. The first-order valence-corrected chi connectivity index (χ1v) is 5.30. The van der Waals surface area contributed by atoms with Crippen molar-refractivity contribution in [3.63, 3.8) is 0 Å². The topological polar surface area (TPSA) is 65.0 Å². The first-order chi connectivity index (χ1) is 6.36. The Morgan fingerprint density at radius 2 is 1.93 bits per heavy atom. The average Bonchev–Trinajstić information content (AvgIpc) is 2.48. The van der Waals surface area contributed by atoms with E-state index in [0.717, 1.165) is 0 Å². The van der Waals surface area contributed by atoms with Crippen LogP contribution < -0.4 is 0 Å². The van der Waals surface area contributed by atoms with Gasteiger partial charge in [-0.25, -0.2) is 0 Å². The van der Waals surface area contributed by atoms with Gasteiger partial charge in [0.15, 0.2) is 0 Å². The molecule has 5 nitrogen and oxygen atoms in total. The molecule has 0 radical (unpaired) electrons. The van der Waals surface area contributed by atoms with Gasteiger partial charge in [-0.2, -0.15) is 0 Å². The van der Waals surface area contributed by atoms with E-state index in [1.807, 2.05) is 0 Å². The first kappa shape index (κ1) is 11.6. The van der Waals surface area contributed by atoms with Crippen LogP contribution in [0, 0.1) is 0 Å². The van der Waals surface area contributed by atoms with E-state index in [9.17, 15) is 18.0 Å². The maximum absolute atomic E-state index is 11.7. The Bertz CT molecular complexity index is 224. The van der Waals surface area contributed by atoms with Crippen molar-refractivity contribution in [1.82, 2.24) is 0 Å². The third-order valence-electron chi connectivity index (χ3n) is 1.36. The number of alkyl halides is 3. The van der Waals surface area contributed by atoms with Gasteiger partial charge in [0, 0.05) is 0 Å². The van der Waals surface area contributed by atoms with Gasteiger partial charge in [0.1, 0.15) is 0 Å². The molecule has 0 atom stereocenters. The van der Waals surface area contributed by atoms with Gasteiger partial charge < -0.3 is 0 Å². The minimum absolute atomic E-state index is 0.0591. The van der Waals surface area contributed by atoms with Gasteiger partial charge in [-0.1, -0.05) is 0 Å². The van der Waals surface area contributed by atoms with Crippen LogP contribution >= 0.6 is 7.94 Å². The number of rotatable bonds is 3. The van der Waals surface area contributed by atoms with Gasteiger partial charge in [0.05, 0.1) is 0 Å². The summed E-state index contributed by atoms with van der Waals surface area (Å²) in [4.78, 5) is 10.6. The average molecular weight is 236 g/mol. The van der Waals surface area contributed by atoms with Crippen molar-refractivity contribution in [2.45, 2.75) is 6.18 Å². The molecule has 1 heterocycles. The van der Waals surface area contributed by atoms with Crippen LogP contribution in [0.4, 0.5) is 18.0 Å². The van der Waals surface area contributed by atoms with Crippen molar-refractivity contribution in [1.29, 1.82) is 0 Å². The van der Waals surface area contributed by atoms with Crippen LogP contribution in [0.25, 0.3) is 0 Å². The fourth-order valence-electron chi connectivity index (χ4n) is 0.839. The molecule has 1 saturated heterocycles. The second-order valence-corrected chi connectivity index (χ2v) is 4.87. The van der Waals surface area contributed by atoms with E-state index in [-0.39, 0.29) is 13.2 Å². The molecule has 0 aromatic carbocycles. The Kier molecular flexibility index (Phi) is 3.31. The summed E-state index contributed by atoms with van der Waals surface area (Å²) in [5, 5.41) is 8.58. The molecule has 1 aliphatic heterocycles. The summed E-state index contributed by atoms with van der Waals surface area (Å²) < 4.78 is 48.6. The zero-order valence-electron chi connectivity index (χ0n) is 6.84. The molecule has 0 saturated carbocycles. The van der Waals surface area contributed by atoms with E-state index in [0.29, 0.717) is 0 Å². The number of hydrogen-bond acceptors (Lipinski definition) is 4. The van der Waals surface area contributed by atoms with E-state index in [1.165, 1.54) is 0 Å². The third kappa shape index (κ3) is 2.78. The molecule has 1 N–H and O–H groups in total. The van der Waals surface area contributed by atoms with Crippen molar-refractivity contribution in [3.8, 4) is 0 Å². The second-order valence-electron chi connectivity index (χ2n) is 2.46. The SMILES string of the molecule is O=C(O)[PH]1(OCC(F)(F)F)OCCO1. The summed E-state index contributed by atoms with van der Waals surface area (Å²) in [6.07, 6.45) is -4.59. The molecule has 0 bridgehead atoms. The Labute approximate surface area is 77.3 Å². The summed E-state index contributed by atoms with van der Waals surface area (Å²) in [7, 11) is -4.12. The van der Waals surface area contributed by atoms with Gasteiger partial charge >= 0.3 is 76.3 Å². The predicted molar refractivity (Wildman–Crippen MR) is 40.3 cm³/mol. The van der Waals surface area contributed by atoms with Gasteiger partial charge in [0.2, 0.25) is 0 Å².